The number of hydrogen-bond donors (Lipinski definition) is 1. The molecule has 0 fully saturated rings. The van der Waals surface area contributed by atoms with Gasteiger partial charge in [-0.1, -0.05) is 30.4 Å². The van der Waals surface area contributed by atoms with Gasteiger partial charge in [-0.15, -0.1) is 0 Å². The van der Waals surface area contributed by atoms with Crippen molar-refractivity contribution < 1.29 is 0 Å². The van der Waals surface area contributed by atoms with Crippen LogP contribution < -0.4 is 5.32 Å². The zero-order valence-electron chi connectivity index (χ0n) is 10.9. The van der Waals surface area contributed by atoms with Crippen LogP contribution in [0.15, 0.2) is 30.4 Å². The Kier molecular flexibility index (Phi) is 3.97. The molecular weight excluding hydrogens is 208 g/mol. The van der Waals surface area contributed by atoms with Gasteiger partial charge in [0, 0.05) is 19.6 Å². The van der Waals surface area contributed by atoms with Crippen molar-refractivity contribution in [2.75, 3.05) is 20.1 Å². The van der Waals surface area contributed by atoms with E-state index in [1.807, 2.05) is 0 Å². The first kappa shape index (κ1) is 12.3. The van der Waals surface area contributed by atoms with Gasteiger partial charge >= 0.3 is 0 Å². The smallest absolute Gasteiger partial charge is 0.0234 e. The number of nitrogens with one attached hydrogen (secondary N) is 1. The molecule has 0 unspecified atom stereocenters. The number of fused-ring (bicyclic) bond motifs is 1. The van der Waals surface area contributed by atoms with Crippen LogP contribution in [-0.4, -0.2) is 25.0 Å². The number of hydrogen-bond acceptors (Lipinski definition) is 2. The second kappa shape index (κ2) is 5.48. The fraction of sp³-hybridized carbons (Fsp3) is 0.467. The van der Waals surface area contributed by atoms with E-state index < -0.39 is 0 Å². The molecule has 0 aromatic heterocycles. The Morgan fingerprint density at radius 3 is 3.00 bits per heavy atom. The first-order valence-corrected chi connectivity index (χ1v) is 6.29. The molecule has 1 N–H and O–H groups in total. The monoisotopic (exact) mass is 230 g/mol. The van der Waals surface area contributed by atoms with E-state index in [-0.39, 0.29) is 0 Å². The maximum atomic E-state index is 3.96. The van der Waals surface area contributed by atoms with Crippen LogP contribution >= 0.6 is 0 Å². The SMILES string of the molecule is C=C(C)CN(C)Cc1ccc2c(c1)CNCC2. The number of rotatable bonds is 4. The fourth-order valence-electron chi connectivity index (χ4n) is 2.46. The highest BCUT2D eigenvalue weighted by atomic mass is 15.1. The summed E-state index contributed by atoms with van der Waals surface area (Å²) in [5.74, 6) is 0. The van der Waals surface area contributed by atoms with E-state index in [1.165, 1.54) is 22.3 Å². The summed E-state index contributed by atoms with van der Waals surface area (Å²) in [6, 6.07) is 6.90. The summed E-state index contributed by atoms with van der Waals surface area (Å²) in [6.45, 7) is 10.1. The average Bonchev–Trinajstić information content (AvgIpc) is 2.27. The largest absolute Gasteiger partial charge is 0.312 e. The van der Waals surface area contributed by atoms with Crippen molar-refractivity contribution in [2.24, 2.45) is 0 Å². The van der Waals surface area contributed by atoms with Gasteiger partial charge in [0.2, 0.25) is 0 Å². The lowest BCUT2D eigenvalue weighted by molar-refractivity contribution is 0.355. The molecule has 1 heterocycles. The van der Waals surface area contributed by atoms with Crippen molar-refractivity contribution in [3.63, 3.8) is 0 Å². The van der Waals surface area contributed by atoms with Gasteiger partial charge in [-0.05, 0) is 43.6 Å². The first-order chi connectivity index (χ1) is 8.15. The minimum Gasteiger partial charge on any atom is -0.312 e. The molecule has 0 saturated heterocycles. The van der Waals surface area contributed by atoms with Gasteiger partial charge < -0.3 is 5.32 Å². The van der Waals surface area contributed by atoms with E-state index in [0.29, 0.717) is 0 Å². The van der Waals surface area contributed by atoms with Gasteiger partial charge in [-0.25, -0.2) is 0 Å². The Morgan fingerprint density at radius 2 is 2.24 bits per heavy atom. The molecule has 1 aromatic carbocycles. The molecule has 2 heteroatoms. The van der Waals surface area contributed by atoms with Crippen LogP contribution in [0.3, 0.4) is 0 Å². The minimum absolute atomic E-state index is 0.968. The highest BCUT2D eigenvalue weighted by Gasteiger charge is 2.09. The van der Waals surface area contributed by atoms with Crippen molar-refractivity contribution in [3.8, 4) is 0 Å². The van der Waals surface area contributed by atoms with Gasteiger partial charge in [0.15, 0.2) is 0 Å². The van der Waals surface area contributed by atoms with Crippen LogP contribution in [0, 0.1) is 0 Å². The predicted octanol–water partition coefficient (Wildman–Crippen LogP) is 2.34. The van der Waals surface area contributed by atoms with E-state index in [0.717, 1.165) is 32.6 Å². The summed E-state index contributed by atoms with van der Waals surface area (Å²) in [5, 5.41) is 3.43. The van der Waals surface area contributed by atoms with Crippen molar-refractivity contribution in [1.82, 2.24) is 10.2 Å². The molecule has 0 saturated carbocycles. The van der Waals surface area contributed by atoms with Crippen molar-refractivity contribution in [3.05, 3.63) is 47.0 Å². The lowest BCUT2D eigenvalue weighted by Gasteiger charge is -2.20. The van der Waals surface area contributed by atoms with E-state index >= 15 is 0 Å². The van der Waals surface area contributed by atoms with Crippen molar-refractivity contribution in [1.29, 1.82) is 0 Å². The minimum atomic E-state index is 0.968. The molecule has 17 heavy (non-hydrogen) atoms. The van der Waals surface area contributed by atoms with Gasteiger partial charge in [-0.2, -0.15) is 0 Å². The molecule has 1 aliphatic rings. The summed E-state index contributed by atoms with van der Waals surface area (Å²) in [6.07, 6.45) is 1.16. The predicted molar refractivity (Wildman–Crippen MR) is 73.0 cm³/mol. The molecule has 0 radical (unpaired) electrons. The third-order valence-corrected chi connectivity index (χ3v) is 3.15. The Hall–Kier alpha value is -1.12. The number of nitrogens with zero attached hydrogens (tertiary/aromatic N) is 1. The molecule has 1 aliphatic heterocycles. The van der Waals surface area contributed by atoms with Crippen LogP contribution in [-0.2, 0) is 19.5 Å². The zero-order valence-corrected chi connectivity index (χ0v) is 10.9. The van der Waals surface area contributed by atoms with Crippen LogP contribution in [0.4, 0.5) is 0 Å². The van der Waals surface area contributed by atoms with Gasteiger partial charge in [0.05, 0.1) is 0 Å². The second-order valence-corrected chi connectivity index (χ2v) is 5.16. The number of benzene rings is 1. The van der Waals surface area contributed by atoms with Crippen LogP contribution in [0.1, 0.15) is 23.6 Å². The van der Waals surface area contributed by atoms with Crippen LogP contribution in [0.2, 0.25) is 0 Å². The summed E-state index contributed by atoms with van der Waals surface area (Å²) in [4.78, 5) is 2.31. The van der Waals surface area contributed by atoms with E-state index in [2.05, 4.69) is 49.0 Å². The topological polar surface area (TPSA) is 15.3 Å². The third kappa shape index (κ3) is 3.42. The molecule has 0 amide bonds. The van der Waals surface area contributed by atoms with Crippen LogP contribution in [0.5, 0.6) is 0 Å². The van der Waals surface area contributed by atoms with E-state index in [9.17, 15) is 0 Å². The van der Waals surface area contributed by atoms with E-state index in [4.69, 9.17) is 0 Å². The Labute approximate surface area is 104 Å². The highest BCUT2D eigenvalue weighted by Crippen LogP contribution is 2.16. The standard InChI is InChI=1S/C15H22N2/c1-12(2)10-17(3)11-13-4-5-14-6-7-16-9-15(14)8-13/h4-5,8,16H,1,6-7,9-11H2,2-3H3. The van der Waals surface area contributed by atoms with Gasteiger partial charge in [-0.3, -0.25) is 4.90 Å². The third-order valence-electron chi connectivity index (χ3n) is 3.15. The summed E-state index contributed by atoms with van der Waals surface area (Å²) < 4.78 is 0. The molecule has 0 spiro atoms. The fourth-order valence-corrected chi connectivity index (χ4v) is 2.46. The molecule has 0 atom stereocenters. The first-order valence-electron chi connectivity index (χ1n) is 6.29. The van der Waals surface area contributed by atoms with Crippen LogP contribution in [0.25, 0.3) is 0 Å². The lowest BCUT2D eigenvalue weighted by atomic mass is 9.98. The second-order valence-electron chi connectivity index (χ2n) is 5.16. The van der Waals surface area contributed by atoms with Crippen molar-refractivity contribution in [2.45, 2.75) is 26.4 Å². The maximum absolute atomic E-state index is 3.96. The molecule has 2 rings (SSSR count). The van der Waals surface area contributed by atoms with E-state index in [1.54, 1.807) is 0 Å². The molecule has 1 aromatic rings. The average molecular weight is 230 g/mol. The Morgan fingerprint density at radius 1 is 1.41 bits per heavy atom. The molecule has 0 aliphatic carbocycles. The Balaban J connectivity index is 2.04. The maximum Gasteiger partial charge on any atom is 0.0234 e. The van der Waals surface area contributed by atoms with Crippen molar-refractivity contribution >= 4 is 0 Å². The number of likely N-dealkylation sites (N-methyl/N-ethyl adjacent to an activating group) is 1. The molecule has 0 bridgehead atoms. The van der Waals surface area contributed by atoms with Gasteiger partial charge in [0.25, 0.3) is 0 Å². The molecule has 2 nitrogen and oxygen atoms in total. The Bertz CT molecular complexity index is 409. The lowest BCUT2D eigenvalue weighted by Crippen LogP contribution is -2.24. The molecule has 92 valence electrons. The summed E-state index contributed by atoms with van der Waals surface area (Å²) in [5.41, 5.74) is 5.59. The summed E-state index contributed by atoms with van der Waals surface area (Å²) in [7, 11) is 2.15. The quantitative estimate of drug-likeness (QED) is 0.799. The summed E-state index contributed by atoms with van der Waals surface area (Å²) >= 11 is 0. The molecular formula is C15H22N2. The van der Waals surface area contributed by atoms with Gasteiger partial charge in [0.1, 0.15) is 0 Å². The zero-order chi connectivity index (χ0) is 12.3. The normalized spacial score (nSPS) is 14.8. The highest BCUT2D eigenvalue weighted by molar-refractivity contribution is 5.33.